The second-order valence-electron chi connectivity index (χ2n) is 3.69. The van der Waals surface area contributed by atoms with Crippen molar-refractivity contribution in [2.24, 2.45) is 5.73 Å². The Morgan fingerprint density at radius 1 is 1.11 bits per heavy atom. The van der Waals surface area contributed by atoms with Crippen LogP contribution in [-0.2, 0) is 0 Å². The predicted molar refractivity (Wildman–Crippen MR) is 76.5 cm³/mol. The van der Waals surface area contributed by atoms with Crippen molar-refractivity contribution in [2.75, 3.05) is 0 Å². The van der Waals surface area contributed by atoms with Crippen molar-refractivity contribution < 1.29 is 13.5 Å². The van der Waals surface area contributed by atoms with Crippen LogP contribution in [0.3, 0.4) is 0 Å². The van der Waals surface area contributed by atoms with Gasteiger partial charge in [0.15, 0.2) is 11.6 Å². The Bertz CT molecular complexity index is 649. The largest absolute Gasteiger partial charge is 0.454 e. The molecule has 0 saturated heterocycles. The lowest BCUT2D eigenvalue weighted by Crippen LogP contribution is -2.09. The molecule has 19 heavy (non-hydrogen) atoms. The molecule has 0 spiro atoms. The van der Waals surface area contributed by atoms with Crippen LogP contribution in [-0.4, -0.2) is 4.99 Å². The summed E-state index contributed by atoms with van der Waals surface area (Å²) in [5.41, 5.74) is 5.80. The number of halogens is 3. The first-order chi connectivity index (χ1) is 8.97. The van der Waals surface area contributed by atoms with Gasteiger partial charge in [-0.2, -0.15) is 0 Å². The minimum Gasteiger partial charge on any atom is -0.454 e. The van der Waals surface area contributed by atoms with Gasteiger partial charge in [-0.05, 0) is 46.3 Å². The van der Waals surface area contributed by atoms with Crippen LogP contribution in [0, 0.1) is 11.6 Å². The van der Waals surface area contributed by atoms with Gasteiger partial charge in [0.25, 0.3) is 0 Å². The Morgan fingerprint density at radius 3 is 2.42 bits per heavy atom. The Hall–Kier alpha value is -1.53. The molecule has 0 fully saturated rings. The van der Waals surface area contributed by atoms with Crippen molar-refractivity contribution in [1.82, 2.24) is 0 Å². The molecule has 0 heterocycles. The summed E-state index contributed by atoms with van der Waals surface area (Å²) < 4.78 is 32.6. The van der Waals surface area contributed by atoms with Gasteiger partial charge < -0.3 is 10.5 Å². The highest BCUT2D eigenvalue weighted by Crippen LogP contribution is 2.28. The minimum absolute atomic E-state index is 0.0262. The molecular formula is C13H8BrF2NOS. The van der Waals surface area contributed by atoms with Gasteiger partial charge >= 0.3 is 0 Å². The highest BCUT2D eigenvalue weighted by atomic mass is 79.9. The third kappa shape index (κ3) is 3.27. The van der Waals surface area contributed by atoms with Gasteiger partial charge in [0.1, 0.15) is 16.6 Å². The topological polar surface area (TPSA) is 35.2 Å². The van der Waals surface area contributed by atoms with E-state index in [2.05, 4.69) is 15.9 Å². The van der Waals surface area contributed by atoms with Gasteiger partial charge in [0.2, 0.25) is 0 Å². The number of nitrogens with two attached hydrogens (primary N) is 1. The van der Waals surface area contributed by atoms with Crippen LogP contribution in [0.5, 0.6) is 11.5 Å². The number of thiocarbonyl (C=S) groups is 1. The zero-order valence-corrected chi connectivity index (χ0v) is 11.9. The van der Waals surface area contributed by atoms with Gasteiger partial charge in [0.05, 0.1) is 4.47 Å². The van der Waals surface area contributed by atoms with Crippen molar-refractivity contribution in [2.45, 2.75) is 0 Å². The third-order valence-electron chi connectivity index (χ3n) is 2.34. The molecule has 0 aliphatic rings. The standard InChI is InChI=1S/C13H8BrF2NOS/c14-9-3-2-8(6-10(9)15)18-12-4-1-7(13(17)19)5-11(12)16/h1-6H,(H2,17,19). The fourth-order valence-electron chi connectivity index (χ4n) is 1.40. The normalized spacial score (nSPS) is 10.3. The van der Waals surface area contributed by atoms with E-state index in [1.807, 2.05) is 0 Å². The zero-order valence-electron chi connectivity index (χ0n) is 9.49. The van der Waals surface area contributed by atoms with Gasteiger partial charge in [-0.25, -0.2) is 8.78 Å². The fraction of sp³-hybridized carbons (Fsp3) is 0. The molecule has 0 unspecified atom stereocenters. The SMILES string of the molecule is NC(=S)c1ccc(Oc2ccc(Br)c(F)c2)c(F)c1. The molecular weight excluding hydrogens is 336 g/mol. The zero-order chi connectivity index (χ0) is 14.0. The van der Waals surface area contributed by atoms with Crippen LogP contribution in [0.4, 0.5) is 8.78 Å². The van der Waals surface area contributed by atoms with E-state index < -0.39 is 11.6 Å². The lowest BCUT2D eigenvalue weighted by Gasteiger charge is -2.08. The average molecular weight is 344 g/mol. The summed E-state index contributed by atoms with van der Waals surface area (Å²) in [7, 11) is 0. The molecule has 0 amide bonds. The van der Waals surface area contributed by atoms with Crippen LogP contribution in [0.25, 0.3) is 0 Å². The van der Waals surface area contributed by atoms with E-state index >= 15 is 0 Å². The molecule has 2 aromatic carbocycles. The summed E-state index contributed by atoms with van der Waals surface area (Å²) in [4.78, 5) is 0.0973. The quantitative estimate of drug-likeness (QED) is 0.850. The molecule has 0 bridgehead atoms. The fourth-order valence-corrected chi connectivity index (χ4v) is 1.78. The van der Waals surface area contributed by atoms with Gasteiger partial charge in [-0.3, -0.25) is 0 Å². The van der Waals surface area contributed by atoms with Gasteiger partial charge in [0, 0.05) is 11.6 Å². The average Bonchev–Trinajstić information content (AvgIpc) is 2.36. The minimum atomic E-state index is -0.617. The molecule has 0 atom stereocenters. The van der Waals surface area contributed by atoms with Crippen LogP contribution >= 0.6 is 28.1 Å². The van der Waals surface area contributed by atoms with Gasteiger partial charge in [-0.15, -0.1) is 0 Å². The van der Waals surface area contributed by atoms with E-state index in [1.165, 1.54) is 30.3 Å². The molecule has 2 N–H and O–H groups in total. The number of hydrogen-bond acceptors (Lipinski definition) is 2. The molecule has 0 aliphatic heterocycles. The molecule has 2 nitrogen and oxygen atoms in total. The Kier molecular flexibility index (Phi) is 4.11. The smallest absolute Gasteiger partial charge is 0.166 e. The van der Waals surface area contributed by atoms with Crippen LogP contribution in [0.2, 0.25) is 0 Å². The van der Waals surface area contributed by atoms with E-state index in [9.17, 15) is 8.78 Å². The number of hydrogen-bond donors (Lipinski definition) is 1. The predicted octanol–water partition coefficient (Wildman–Crippen LogP) is 4.15. The second-order valence-corrected chi connectivity index (χ2v) is 4.98. The first-order valence-corrected chi connectivity index (χ1v) is 6.40. The Morgan fingerprint density at radius 2 is 1.84 bits per heavy atom. The molecule has 0 radical (unpaired) electrons. The summed E-state index contributed by atoms with van der Waals surface area (Å²) in [6.07, 6.45) is 0. The van der Waals surface area contributed by atoms with Crippen molar-refractivity contribution in [3.8, 4) is 11.5 Å². The lowest BCUT2D eigenvalue weighted by atomic mass is 10.2. The molecule has 98 valence electrons. The molecule has 0 aliphatic carbocycles. The van der Waals surface area contributed by atoms with Crippen molar-refractivity contribution >= 4 is 33.1 Å². The first kappa shape index (κ1) is 13.9. The number of ether oxygens (including phenoxy) is 1. The van der Waals surface area contributed by atoms with Gasteiger partial charge in [-0.1, -0.05) is 12.2 Å². The van der Waals surface area contributed by atoms with E-state index in [0.29, 0.717) is 10.0 Å². The van der Waals surface area contributed by atoms with E-state index in [1.54, 1.807) is 0 Å². The third-order valence-corrected chi connectivity index (χ3v) is 3.21. The van der Waals surface area contributed by atoms with Crippen molar-refractivity contribution in [1.29, 1.82) is 0 Å². The van der Waals surface area contributed by atoms with Crippen molar-refractivity contribution in [3.05, 3.63) is 58.1 Å². The Balaban J connectivity index is 2.28. The van der Waals surface area contributed by atoms with Crippen LogP contribution in [0.15, 0.2) is 40.9 Å². The van der Waals surface area contributed by atoms with E-state index in [4.69, 9.17) is 22.7 Å². The highest BCUT2D eigenvalue weighted by molar-refractivity contribution is 9.10. The Labute approximate surface area is 122 Å². The first-order valence-electron chi connectivity index (χ1n) is 5.19. The summed E-state index contributed by atoms with van der Waals surface area (Å²) in [6, 6.07) is 8.26. The van der Waals surface area contributed by atoms with E-state index in [-0.39, 0.29) is 16.5 Å². The summed E-state index contributed by atoms with van der Waals surface area (Å²) in [5.74, 6) is -0.935. The molecule has 2 rings (SSSR count). The maximum Gasteiger partial charge on any atom is 0.166 e. The summed E-state index contributed by atoms with van der Waals surface area (Å²) in [6.45, 7) is 0. The van der Waals surface area contributed by atoms with Crippen LogP contribution in [0.1, 0.15) is 5.56 Å². The second kappa shape index (κ2) is 5.63. The summed E-state index contributed by atoms with van der Waals surface area (Å²) >= 11 is 7.76. The van der Waals surface area contributed by atoms with E-state index in [0.717, 1.165) is 6.07 Å². The molecule has 0 saturated carbocycles. The molecule has 2 aromatic rings. The number of benzene rings is 2. The summed E-state index contributed by atoms with van der Waals surface area (Å²) in [5, 5.41) is 0. The lowest BCUT2D eigenvalue weighted by molar-refractivity contribution is 0.438. The maximum atomic E-state index is 13.7. The maximum absolute atomic E-state index is 13.7. The van der Waals surface area contributed by atoms with Crippen molar-refractivity contribution in [3.63, 3.8) is 0 Å². The number of rotatable bonds is 3. The monoisotopic (exact) mass is 343 g/mol. The molecule has 0 aromatic heterocycles. The highest BCUT2D eigenvalue weighted by Gasteiger charge is 2.09. The molecule has 6 heteroatoms. The van der Waals surface area contributed by atoms with Crippen LogP contribution < -0.4 is 10.5 Å².